The molecule has 2 unspecified atom stereocenters. The summed E-state index contributed by atoms with van der Waals surface area (Å²) >= 11 is 0. The van der Waals surface area contributed by atoms with E-state index < -0.39 is 39.1 Å². The van der Waals surface area contributed by atoms with Crippen LogP contribution in [0.4, 0.5) is 0 Å². The highest BCUT2D eigenvalue weighted by Gasteiger charge is 2.57. The summed E-state index contributed by atoms with van der Waals surface area (Å²) in [6.07, 6.45) is 2.29. The normalized spacial score (nSPS) is 17.0. The maximum atomic E-state index is 11.3. The zero-order chi connectivity index (χ0) is 14.6. The first kappa shape index (κ1) is 16.3. The topological polar surface area (TPSA) is 129 Å². The van der Waals surface area contributed by atoms with Gasteiger partial charge in [-0.2, -0.15) is 8.42 Å². The van der Waals surface area contributed by atoms with E-state index in [1.54, 1.807) is 0 Å². The molecule has 0 aromatic carbocycles. The van der Waals surface area contributed by atoms with Crippen molar-refractivity contribution in [1.29, 1.82) is 0 Å². The molecular weight excluding hydrogens is 264 g/mol. The number of hydrogen-bond donors (Lipinski definition) is 3. The molecule has 0 aliphatic carbocycles. The maximum absolute atomic E-state index is 11.3. The van der Waals surface area contributed by atoms with E-state index in [4.69, 9.17) is 14.8 Å². The molecule has 3 N–H and O–H groups in total. The number of hydrogen-bond acceptors (Lipinski definition) is 4. The first-order valence-electron chi connectivity index (χ1n) is 4.82. The number of allylic oxidation sites excluding steroid dienone is 2. The Balaban J connectivity index is 6.24. The molecule has 0 rings (SSSR count). The van der Waals surface area contributed by atoms with Crippen LogP contribution in [-0.2, 0) is 19.7 Å². The standard InChI is InChI=1S/C10H14O7S/c1-3-5-7(8(11)12)10(6-4-2,9(13)14)18(15,16)17/h3-5,7H,2,6H2,1H3,(H,11,12)(H,13,14)(H,15,16,17). The van der Waals surface area contributed by atoms with E-state index in [9.17, 15) is 18.0 Å². The van der Waals surface area contributed by atoms with Crippen molar-refractivity contribution in [2.45, 2.75) is 18.1 Å². The van der Waals surface area contributed by atoms with Gasteiger partial charge in [0.15, 0.2) is 0 Å². The fourth-order valence-corrected chi connectivity index (χ4v) is 2.62. The Hall–Kier alpha value is -1.67. The van der Waals surface area contributed by atoms with Crippen LogP contribution in [0.5, 0.6) is 0 Å². The third-order valence-electron chi connectivity index (χ3n) is 2.42. The summed E-state index contributed by atoms with van der Waals surface area (Å²) in [7, 11) is -5.16. The quantitative estimate of drug-likeness (QED) is 0.458. The molecular formula is C10H14O7S. The average Bonchev–Trinajstić information content (AvgIpc) is 2.20. The summed E-state index contributed by atoms with van der Waals surface area (Å²) in [6.45, 7) is 4.59. The van der Waals surface area contributed by atoms with Crippen molar-refractivity contribution in [3.8, 4) is 0 Å². The fourth-order valence-electron chi connectivity index (χ4n) is 1.57. The summed E-state index contributed by atoms with van der Waals surface area (Å²) in [5.74, 6) is -5.54. The van der Waals surface area contributed by atoms with E-state index in [1.165, 1.54) is 13.0 Å². The predicted octanol–water partition coefficient (Wildman–Crippen LogP) is 0.551. The smallest absolute Gasteiger partial charge is 0.329 e. The molecule has 0 aliphatic heterocycles. The van der Waals surface area contributed by atoms with Crippen molar-refractivity contribution in [1.82, 2.24) is 0 Å². The van der Waals surface area contributed by atoms with Gasteiger partial charge in [0.1, 0.15) is 5.92 Å². The molecule has 8 heteroatoms. The highest BCUT2D eigenvalue weighted by atomic mass is 32.2. The van der Waals surface area contributed by atoms with Crippen LogP contribution in [0.25, 0.3) is 0 Å². The first-order chi connectivity index (χ1) is 8.15. The molecule has 0 saturated carbocycles. The van der Waals surface area contributed by atoms with Gasteiger partial charge >= 0.3 is 11.9 Å². The molecule has 0 aromatic rings. The molecule has 0 saturated heterocycles. The average molecular weight is 278 g/mol. The van der Waals surface area contributed by atoms with E-state index in [0.29, 0.717) is 0 Å². The van der Waals surface area contributed by atoms with Crippen LogP contribution in [0.1, 0.15) is 13.3 Å². The molecule has 0 spiro atoms. The molecule has 0 amide bonds. The van der Waals surface area contributed by atoms with E-state index in [2.05, 4.69) is 6.58 Å². The molecule has 7 nitrogen and oxygen atoms in total. The minimum Gasteiger partial charge on any atom is -0.481 e. The monoisotopic (exact) mass is 278 g/mol. The van der Waals surface area contributed by atoms with Crippen molar-refractivity contribution in [2.75, 3.05) is 0 Å². The van der Waals surface area contributed by atoms with Crippen LogP contribution < -0.4 is 0 Å². The molecule has 0 heterocycles. The van der Waals surface area contributed by atoms with Gasteiger partial charge in [-0.25, -0.2) is 0 Å². The van der Waals surface area contributed by atoms with Gasteiger partial charge in [0.05, 0.1) is 0 Å². The highest BCUT2D eigenvalue weighted by molar-refractivity contribution is 7.88. The third kappa shape index (κ3) is 2.77. The zero-order valence-corrected chi connectivity index (χ0v) is 10.4. The number of rotatable bonds is 7. The van der Waals surface area contributed by atoms with Gasteiger partial charge in [-0.3, -0.25) is 14.1 Å². The Morgan fingerprint density at radius 3 is 2.11 bits per heavy atom. The van der Waals surface area contributed by atoms with E-state index >= 15 is 0 Å². The molecule has 0 aromatic heterocycles. The second-order valence-electron chi connectivity index (χ2n) is 3.50. The van der Waals surface area contributed by atoms with Gasteiger partial charge in [0, 0.05) is 0 Å². The lowest BCUT2D eigenvalue weighted by Crippen LogP contribution is -2.54. The van der Waals surface area contributed by atoms with Crippen LogP contribution in [0.2, 0.25) is 0 Å². The van der Waals surface area contributed by atoms with Crippen LogP contribution in [0.15, 0.2) is 24.8 Å². The lowest BCUT2D eigenvalue weighted by Gasteiger charge is -2.28. The lowest BCUT2D eigenvalue weighted by atomic mass is 9.88. The van der Waals surface area contributed by atoms with Gasteiger partial charge in [-0.05, 0) is 13.3 Å². The second-order valence-corrected chi connectivity index (χ2v) is 5.18. The van der Waals surface area contributed by atoms with Crippen LogP contribution in [0, 0.1) is 5.92 Å². The van der Waals surface area contributed by atoms with Crippen molar-refractivity contribution in [3.63, 3.8) is 0 Å². The minimum absolute atomic E-state index is 0.734. The van der Waals surface area contributed by atoms with E-state index in [1.807, 2.05) is 0 Å². The molecule has 102 valence electrons. The Morgan fingerprint density at radius 2 is 1.89 bits per heavy atom. The van der Waals surface area contributed by atoms with Gasteiger partial charge in [-0.15, -0.1) is 6.58 Å². The molecule has 0 bridgehead atoms. The Bertz CT molecular complexity index is 476. The van der Waals surface area contributed by atoms with Gasteiger partial charge < -0.3 is 10.2 Å². The Morgan fingerprint density at radius 1 is 1.39 bits per heavy atom. The summed E-state index contributed by atoms with van der Waals surface area (Å²) in [5, 5.41) is 18.0. The summed E-state index contributed by atoms with van der Waals surface area (Å²) in [4.78, 5) is 22.2. The largest absolute Gasteiger partial charge is 0.481 e. The molecule has 0 aliphatic rings. The van der Waals surface area contributed by atoms with E-state index in [-0.39, 0.29) is 0 Å². The van der Waals surface area contributed by atoms with Crippen LogP contribution in [-0.4, -0.2) is 39.9 Å². The second kappa shape index (κ2) is 5.78. The number of carboxylic acid groups (broad SMARTS) is 2. The van der Waals surface area contributed by atoms with Crippen LogP contribution >= 0.6 is 0 Å². The molecule has 2 atom stereocenters. The van der Waals surface area contributed by atoms with Crippen molar-refractivity contribution in [2.24, 2.45) is 5.92 Å². The summed E-state index contributed by atoms with van der Waals surface area (Å²) in [5.41, 5.74) is 0. The Kier molecular flexibility index (Phi) is 5.25. The van der Waals surface area contributed by atoms with Crippen molar-refractivity contribution < 1.29 is 32.8 Å². The Labute approximate surface area is 104 Å². The number of aliphatic carboxylic acids is 2. The fraction of sp³-hybridized carbons (Fsp3) is 0.400. The SMILES string of the molecule is C=CCC(C(=O)O)(C(C=CC)C(=O)O)S(=O)(=O)O. The summed E-state index contributed by atoms with van der Waals surface area (Å²) in [6, 6.07) is 0. The first-order valence-corrected chi connectivity index (χ1v) is 6.26. The maximum Gasteiger partial charge on any atom is 0.329 e. The van der Waals surface area contributed by atoms with E-state index in [0.717, 1.165) is 12.2 Å². The molecule has 18 heavy (non-hydrogen) atoms. The van der Waals surface area contributed by atoms with Gasteiger partial charge in [-0.1, -0.05) is 18.2 Å². The number of carboxylic acids is 2. The minimum atomic E-state index is -5.16. The van der Waals surface area contributed by atoms with Gasteiger partial charge in [0.2, 0.25) is 4.75 Å². The predicted molar refractivity (Wildman–Crippen MR) is 62.7 cm³/mol. The molecule has 0 fully saturated rings. The summed E-state index contributed by atoms with van der Waals surface area (Å²) < 4.78 is 28.9. The number of carbonyl (C=O) groups is 2. The van der Waals surface area contributed by atoms with Crippen molar-refractivity contribution >= 4 is 22.1 Å². The third-order valence-corrected chi connectivity index (χ3v) is 3.94. The van der Waals surface area contributed by atoms with Crippen LogP contribution in [0.3, 0.4) is 0 Å². The highest BCUT2D eigenvalue weighted by Crippen LogP contribution is 2.33. The van der Waals surface area contributed by atoms with Crippen molar-refractivity contribution in [3.05, 3.63) is 24.8 Å². The van der Waals surface area contributed by atoms with Gasteiger partial charge in [0.25, 0.3) is 10.1 Å². The molecule has 0 radical (unpaired) electrons. The lowest BCUT2D eigenvalue weighted by molar-refractivity contribution is -0.150. The zero-order valence-electron chi connectivity index (χ0n) is 9.61.